The molecule has 104 valence electrons. The Bertz CT molecular complexity index is 468. The number of carboxylic acid groups (broad SMARTS) is 1. The summed E-state index contributed by atoms with van der Waals surface area (Å²) in [5.74, 6) is -1.63. The van der Waals surface area contributed by atoms with Gasteiger partial charge in [-0.2, -0.15) is 0 Å². The van der Waals surface area contributed by atoms with Crippen molar-refractivity contribution < 1.29 is 28.6 Å². The molecule has 19 heavy (non-hydrogen) atoms. The zero-order valence-electron chi connectivity index (χ0n) is 10.3. The van der Waals surface area contributed by atoms with Crippen molar-refractivity contribution in [3.05, 3.63) is 23.7 Å². The van der Waals surface area contributed by atoms with Crippen LogP contribution in [-0.2, 0) is 16.1 Å². The van der Waals surface area contributed by atoms with Gasteiger partial charge in [-0.05, 0) is 19.1 Å². The summed E-state index contributed by atoms with van der Waals surface area (Å²) in [7, 11) is 0. The van der Waals surface area contributed by atoms with Crippen LogP contribution in [0, 0.1) is 0 Å². The SMILES string of the molecule is CCOC(=O)CNC(=O)NCc1ccc(C(=O)O)o1. The highest BCUT2D eigenvalue weighted by Gasteiger charge is 2.10. The quantitative estimate of drug-likeness (QED) is 0.641. The number of carbonyl (C=O) groups excluding carboxylic acids is 2. The van der Waals surface area contributed by atoms with Gasteiger partial charge in [-0.3, -0.25) is 4.79 Å². The fourth-order valence-corrected chi connectivity index (χ4v) is 1.18. The van der Waals surface area contributed by atoms with Crippen LogP contribution in [0.4, 0.5) is 4.79 Å². The first kappa shape index (κ1) is 14.6. The molecule has 0 fully saturated rings. The van der Waals surface area contributed by atoms with Gasteiger partial charge in [0.2, 0.25) is 5.76 Å². The molecular formula is C11H14N2O6. The van der Waals surface area contributed by atoms with Crippen LogP contribution in [0.2, 0.25) is 0 Å². The second-order valence-electron chi connectivity index (χ2n) is 3.41. The molecule has 0 bridgehead atoms. The Kier molecular flexibility index (Phi) is 5.39. The number of furan rings is 1. The summed E-state index contributed by atoms with van der Waals surface area (Å²) in [5.41, 5.74) is 0. The Hall–Kier alpha value is -2.51. The van der Waals surface area contributed by atoms with Crippen LogP contribution < -0.4 is 10.6 Å². The van der Waals surface area contributed by atoms with Crippen LogP contribution >= 0.6 is 0 Å². The van der Waals surface area contributed by atoms with Crippen molar-refractivity contribution in [1.29, 1.82) is 0 Å². The van der Waals surface area contributed by atoms with Crippen LogP contribution in [0.25, 0.3) is 0 Å². The van der Waals surface area contributed by atoms with E-state index in [9.17, 15) is 14.4 Å². The number of hydrogen-bond acceptors (Lipinski definition) is 5. The zero-order valence-corrected chi connectivity index (χ0v) is 10.3. The van der Waals surface area contributed by atoms with Gasteiger partial charge in [0.15, 0.2) is 0 Å². The zero-order chi connectivity index (χ0) is 14.3. The molecule has 3 N–H and O–H groups in total. The molecule has 1 rings (SSSR count). The Morgan fingerprint density at radius 1 is 1.32 bits per heavy atom. The lowest BCUT2D eigenvalue weighted by Crippen LogP contribution is -2.38. The van der Waals surface area contributed by atoms with Crippen molar-refractivity contribution in [2.45, 2.75) is 13.5 Å². The van der Waals surface area contributed by atoms with Crippen molar-refractivity contribution in [1.82, 2.24) is 10.6 Å². The van der Waals surface area contributed by atoms with Gasteiger partial charge in [-0.15, -0.1) is 0 Å². The lowest BCUT2D eigenvalue weighted by molar-refractivity contribution is -0.141. The standard InChI is InChI=1S/C11H14N2O6/c1-2-18-9(14)6-13-11(17)12-5-7-3-4-8(19-7)10(15)16/h3-4H,2,5-6H2,1H3,(H,15,16)(H2,12,13,17). The second-order valence-corrected chi connectivity index (χ2v) is 3.41. The van der Waals surface area contributed by atoms with Gasteiger partial charge in [0, 0.05) is 0 Å². The number of rotatable bonds is 6. The smallest absolute Gasteiger partial charge is 0.371 e. The van der Waals surface area contributed by atoms with E-state index in [-0.39, 0.29) is 25.5 Å². The minimum Gasteiger partial charge on any atom is -0.475 e. The van der Waals surface area contributed by atoms with E-state index >= 15 is 0 Å². The fraction of sp³-hybridized carbons (Fsp3) is 0.364. The third-order valence-electron chi connectivity index (χ3n) is 1.99. The average molecular weight is 270 g/mol. The highest BCUT2D eigenvalue weighted by molar-refractivity contribution is 5.84. The van der Waals surface area contributed by atoms with E-state index in [4.69, 9.17) is 9.52 Å². The van der Waals surface area contributed by atoms with E-state index in [0.717, 1.165) is 0 Å². The van der Waals surface area contributed by atoms with Crippen molar-refractivity contribution in [3.8, 4) is 0 Å². The first-order valence-electron chi connectivity index (χ1n) is 5.52. The van der Waals surface area contributed by atoms with E-state index in [1.54, 1.807) is 6.92 Å². The van der Waals surface area contributed by atoms with Gasteiger partial charge in [-0.1, -0.05) is 0 Å². The number of urea groups is 1. The van der Waals surface area contributed by atoms with Gasteiger partial charge in [-0.25, -0.2) is 9.59 Å². The van der Waals surface area contributed by atoms with Crippen molar-refractivity contribution in [2.75, 3.05) is 13.2 Å². The molecular weight excluding hydrogens is 256 g/mol. The Morgan fingerprint density at radius 3 is 2.63 bits per heavy atom. The summed E-state index contributed by atoms with van der Waals surface area (Å²) in [4.78, 5) is 32.8. The number of carbonyl (C=O) groups is 3. The van der Waals surface area contributed by atoms with Crippen molar-refractivity contribution >= 4 is 18.0 Å². The number of esters is 1. The molecule has 0 aromatic carbocycles. The van der Waals surface area contributed by atoms with E-state index < -0.39 is 18.0 Å². The summed E-state index contributed by atoms with van der Waals surface area (Å²) in [6.07, 6.45) is 0. The van der Waals surface area contributed by atoms with Crippen LogP contribution in [-0.4, -0.2) is 36.2 Å². The molecule has 8 nitrogen and oxygen atoms in total. The fourth-order valence-electron chi connectivity index (χ4n) is 1.18. The van der Waals surface area contributed by atoms with Crippen LogP contribution in [0.1, 0.15) is 23.2 Å². The maximum Gasteiger partial charge on any atom is 0.371 e. The molecule has 0 aliphatic carbocycles. The summed E-state index contributed by atoms with van der Waals surface area (Å²) in [6.45, 7) is 1.68. The Morgan fingerprint density at radius 2 is 2.05 bits per heavy atom. The summed E-state index contributed by atoms with van der Waals surface area (Å²) < 4.78 is 9.55. The van der Waals surface area contributed by atoms with E-state index in [0.29, 0.717) is 5.76 Å². The molecule has 2 amide bonds. The van der Waals surface area contributed by atoms with Crippen molar-refractivity contribution in [2.24, 2.45) is 0 Å². The van der Waals surface area contributed by atoms with Crippen molar-refractivity contribution in [3.63, 3.8) is 0 Å². The summed E-state index contributed by atoms with van der Waals surface area (Å²) >= 11 is 0. The molecule has 1 heterocycles. The maximum atomic E-state index is 11.3. The van der Waals surface area contributed by atoms with Gasteiger partial charge in [0.25, 0.3) is 0 Å². The highest BCUT2D eigenvalue weighted by atomic mass is 16.5. The molecule has 0 aliphatic heterocycles. The predicted molar refractivity (Wildman–Crippen MR) is 62.5 cm³/mol. The van der Waals surface area contributed by atoms with Crippen LogP contribution in [0.15, 0.2) is 16.5 Å². The molecule has 0 unspecified atom stereocenters. The number of aromatic carboxylic acids is 1. The first-order chi connectivity index (χ1) is 9.02. The molecule has 1 aromatic rings. The molecule has 0 atom stereocenters. The van der Waals surface area contributed by atoms with Gasteiger partial charge >= 0.3 is 18.0 Å². The number of ether oxygens (including phenoxy) is 1. The Balaban J connectivity index is 2.29. The van der Waals surface area contributed by atoms with Crippen LogP contribution in [0.5, 0.6) is 0 Å². The lowest BCUT2D eigenvalue weighted by Gasteiger charge is -2.05. The average Bonchev–Trinajstić information content (AvgIpc) is 2.83. The highest BCUT2D eigenvalue weighted by Crippen LogP contribution is 2.07. The topological polar surface area (TPSA) is 118 Å². The summed E-state index contributed by atoms with van der Waals surface area (Å²) in [5, 5.41) is 13.3. The molecule has 0 aliphatic rings. The molecule has 0 radical (unpaired) electrons. The third-order valence-corrected chi connectivity index (χ3v) is 1.99. The van der Waals surface area contributed by atoms with E-state index in [1.807, 2.05) is 0 Å². The van der Waals surface area contributed by atoms with E-state index in [2.05, 4.69) is 15.4 Å². The molecule has 8 heteroatoms. The number of amides is 2. The van der Waals surface area contributed by atoms with E-state index in [1.165, 1.54) is 12.1 Å². The summed E-state index contributed by atoms with van der Waals surface area (Å²) in [6, 6.07) is 2.15. The molecule has 0 saturated carbocycles. The molecule has 0 spiro atoms. The first-order valence-corrected chi connectivity index (χ1v) is 5.52. The number of nitrogens with one attached hydrogen (secondary N) is 2. The number of carboxylic acids is 1. The minimum atomic E-state index is -1.18. The molecule has 1 aromatic heterocycles. The normalized spacial score (nSPS) is 9.74. The third kappa shape index (κ3) is 5.11. The Labute approximate surface area is 108 Å². The van der Waals surface area contributed by atoms with Crippen LogP contribution in [0.3, 0.4) is 0 Å². The number of hydrogen-bond donors (Lipinski definition) is 3. The maximum absolute atomic E-state index is 11.3. The minimum absolute atomic E-state index is 0.0158. The lowest BCUT2D eigenvalue weighted by atomic mass is 10.4. The molecule has 0 saturated heterocycles. The van der Waals surface area contributed by atoms with Gasteiger partial charge < -0.3 is 24.9 Å². The van der Waals surface area contributed by atoms with Gasteiger partial charge in [0.1, 0.15) is 12.3 Å². The second kappa shape index (κ2) is 7.04. The largest absolute Gasteiger partial charge is 0.475 e. The monoisotopic (exact) mass is 270 g/mol. The predicted octanol–water partition coefficient (Wildman–Crippen LogP) is 0.340. The van der Waals surface area contributed by atoms with Gasteiger partial charge in [0.05, 0.1) is 13.2 Å².